The SMILES string of the molecule is O=C(O)C(F)C1C(=O)Nc2cccc(Cl)c21. The van der Waals surface area contributed by atoms with Crippen LogP contribution in [0.3, 0.4) is 0 Å². The number of carbonyl (C=O) groups is 2. The smallest absolute Gasteiger partial charge is 0.339 e. The molecule has 1 aromatic rings. The van der Waals surface area contributed by atoms with Gasteiger partial charge in [0.05, 0.1) is 0 Å². The van der Waals surface area contributed by atoms with E-state index in [9.17, 15) is 14.0 Å². The fourth-order valence-corrected chi connectivity index (χ4v) is 2.02. The molecule has 84 valence electrons. The number of amides is 1. The van der Waals surface area contributed by atoms with Crippen LogP contribution >= 0.6 is 11.6 Å². The third-order valence-corrected chi connectivity index (χ3v) is 2.76. The molecule has 0 bridgehead atoms. The minimum Gasteiger partial charge on any atom is -0.479 e. The molecule has 1 aliphatic rings. The van der Waals surface area contributed by atoms with Crippen LogP contribution in [0.2, 0.25) is 5.02 Å². The van der Waals surface area contributed by atoms with Crippen molar-refractivity contribution in [1.29, 1.82) is 0 Å². The second kappa shape index (κ2) is 3.75. The number of benzene rings is 1. The Hall–Kier alpha value is -1.62. The predicted octanol–water partition coefficient (Wildman–Crippen LogP) is 1.80. The molecule has 6 heteroatoms. The predicted molar refractivity (Wildman–Crippen MR) is 55.4 cm³/mol. The average Bonchev–Trinajstić information content (AvgIpc) is 2.54. The van der Waals surface area contributed by atoms with E-state index in [0.717, 1.165) is 0 Å². The number of alkyl halides is 1. The lowest BCUT2D eigenvalue weighted by molar-refractivity contribution is -0.145. The van der Waals surface area contributed by atoms with Gasteiger partial charge in [0.15, 0.2) is 0 Å². The van der Waals surface area contributed by atoms with E-state index in [4.69, 9.17) is 16.7 Å². The molecule has 2 atom stereocenters. The van der Waals surface area contributed by atoms with Gasteiger partial charge in [-0.2, -0.15) is 0 Å². The summed E-state index contributed by atoms with van der Waals surface area (Å²) in [7, 11) is 0. The van der Waals surface area contributed by atoms with Crippen molar-refractivity contribution in [3.8, 4) is 0 Å². The summed E-state index contributed by atoms with van der Waals surface area (Å²) in [6.07, 6.45) is -2.29. The molecule has 2 rings (SSSR count). The maximum absolute atomic E-state index is 13.4. The molecule has 1 amide bonds. The van der Waals surface area contributed by atoms with E-state index < -0.39 is 24.0 Å². The lowest BCUT2D eigenvalue weighted by Crippen LogP contribution is -2.28. The Balaban J connectivity index is 2.50. The van der Waals surface area contributed by atoms with Crippen LogP contribution in [0.15, 0.2) is 18.2 Å². The number of rotatable bonds is 2. The van der Waals surface area contributed by atoms with Gasteiger partial charge in [0.1, 0.15) is 5.92 Å². The van der Waals surface area contributed by atoms with Gasteiger partial charge >= 0.3 is 5.97 Å². The number of hydrogen-bond donors (Lipinski definition) is 2. The first kappa shape index (κ1) is 10.9. The molecule has 0 saturated heterocycles. The first-order chi connectivity index (χ1) is 7.52. The molecule has 0 fully saturated rings. The number of fused-ring (bicyclic) bond motifs is 1. The average molecular weight is 244 g/mol. The summed E-state index contributed by atoms with van der Waals surface area (Å²) in [5.41, 5.74) is 0.579. The van der Waals surface area contributed by atoms with Gasteiger partial charge in [-0.15, -0.1) is 0 Å². The molecule has 0 saturated carbocycles. The largest absolute Gasteiger partial charge is 0.479 e. The molecule has 0 aliphatic carbocycles. The van der Waals surface area contributed by atoms with Crippen LogP contribution in [-0.2, 0) is 9.59 Å². The van der Waals surface area contributed by atoms with E-state index in [1.54, 1.807) is 12.1 Å². The Labute approximate surface area is 95.0 Å². The maximum atomic E-state index is 13.4. The van der Waals surface area contributed by atoms with Crippen molar-refractivity contribution in [2.75, 3.05) is 5.32 Å². The van der Waals surface area contributed by atoms with Crippen molar-refractivity contribution in [2.45, 2.75) is 12.1 Å². The Morgan fingerprint density at radius 1 is 1.56 bits per heavy atom. The molecule has 2 unspecified atom stereocenters. The van der Waals surface area contributed by atoms with Crippen LogP contribution in [0.25, 0.3) is 0 Å². The fraction of sp³-hybridized carbons (Fsp3) is 0.200. The molecule has 1 aliphatic heterocycles. The van der Waals surface area contributed by atoms with Crippen molar-refractivity contribution < 1.29 is 19.1 Å². The first-order valence-electron chi connectivity index (χ1n) is 4.48. The van der Waals surface area contributed by atoms with Gasteiger partial charge in [-0.05, 0) is 12.1 Å². The quantitative estimate of drug-likeness (QED) is 0.832. The van der Waals surface area contributed by atoms with Crippen molar-refractivity contribution in [2.24, 2.45) is 0 Å². The van der Waals surface area contributed by atoms with Crippen LogP contribution in [0.1, 0.15) is 11.5 Å². The Morgan fingerprint density at radius 3 is 2.88 bits per heavy atom. The van der Waals surface area contributed by atoms with Gasteiger partial charge in [-0.25, -0.2) is 9.18 Å². The summed E-state index contributed by atoms with van der Waals surface area (Å²) in [4.78, 5) is 22.0. The monoisotopic (exact) mass is 243 g/mol. The highest BCUT2D eigenvalue weighted by Crippen LogP contribution is 2.40. The van der Waals surface area contributed by atoms with E-state index in [-0.39, 0.29) is 10.6 Å². The van der Waals surface area contributed by atoms with E-state index in [2.05, 4.69) is 5.32 Å². The second-order valence-corrected chi connectivity index (χ2v) is 3.82. The Kier molecular flexibility index (Phi) is 2.55. The lowest BCUT2D eigenvalue weighted by atomic mass is 9.96. The molecule has 1 heterocycles. The molecule has 0 radical (unpaired) electrons. The van der Waals surface area contributed by atoms with E-state index in [1.807, 2.05) is 0 Å². The molecule has 0 spiro atoms. The normalized spacial score (nSPS) is 20.1. The number of aliphatic carboxylic acids is 1. The number of anilines is 1. The van der Waals surface area contributed by atoms with Crippen molar-refractivity contribution in [3.63, 3.8) is 0 Å². The number of carboxylic acids is 1. The second-order valence-electron chi connectivity index (χ2n) is 3.41. The summed E-state index contributed by atoms with van der Waals surface area (Å²) in [5.74, 6) is -3.73. The van der Waals surface area contributed by atoms with Crippen molar-refractivity contribution >= 4 is 29.2 Å². The van der Waals surface area contributed by atoms with Crippen LogP contribution in [0.4, 0.5) is 10.1 Å². The van der Waals surface area contributed by atoms with E-state index >= 15 is 0 Å². The van der Waals surface area contributed by atoms with Crippen LogP contribution in [0.5, 0.6) is 0 Å². The zero-order valence-electron chi connectivity index (χ0n) is 7.91. The van der Waals surface area contributed by atoms with Crippen LogP contribution in [0, 0.1) is 0 Å². The Morgan fingerprint density at radius 2 is 2.25 bits per heavy atom. The Bertz CT molecular complexity index is 477. The number of hydrogen-bond acceptors (Lipinski definition) is 2. The minimum atomic E-state index is -2.29. The summed E-state index contributed by atoms with van der Waals surface area (Å²) < 4.78 is 13.4. The number of halogens is 2. The number of carboxylic acid groups (broad SMARTS) is 1. The fourth-order valence-electron chi connectivity index (χ4n) is 1.73. The van der Waals surface area contributed by atoms with Crippen molar-refractivity contribution in [3.05, 3.63) is 28.8 Å². The third kappa shape index (κ3) is 1.53. The van der Waals surface area contributed by atoms with Gasteiger partial charge < -0.3 is 10.4 Å². The maximum Gasteiger partial charge on any atom is 0.339 e. The van der Waals surface area contributed by atoms with Gasteiger partial charge in [0, 0.05) is 16.3 Å². The van der Waals surface area contributed by atoms with E-state index in [1.165, 1.54) is 6.07 Å². The van der Waals surface area contributed by atoms with Crippen LogP contribution < -0.4 is 5.32 Å². The molecule has 2 N–H and O–H groups in total. The zero-order chi connectivity index (χ0) is 11.9. The van der Waals surface area contributed by atoms with Crippen molar-refractivity contribution in [1.82, 2.24) is 0 Å². The highest BCUT2D eigenvalue weighted by Gasteiger charge is 2.42. The molecular weight excluding hydrogens is 237 g/mol. The molecule has 16 heavy (non-hydrogen) atoms. The van der Waals surface area contributed by atoms with Gasteiger partial charge in [0.2, 0.25) is 12.1 Å². The summed E-state index contributed by atoms with van der Waals surface area (Å²) in [6.45, 7) is 0. The summed E-state index contributed by atoms with van der Waals surface area (Å²) in [6, 6.07) is 4.63. The third-order valence-electron chi connectivity index (χ3n) is 2.43. The van der Waals surface area contributed by atoms with Gasteiger partial charge in [-0.3, -0.25) is 4.79 Å². The molecule has 1 aromatic carbocycles. The number of nitrogens with one attached hydrogen (secondary N) is 1. The molecule has 0 aromatic heterocycles. The molecule has 4 nitrogen and oxygen atoms in total. The van der Waals surface area contributed by atoms with E-state index in [0.29, 0.717) is 5.69 Å². The highest BCUT2D eigenvalue weighted by atomic mass is 35.5. The lowest BCUT2D eigenvalue weighted by Gasteiger charge is -2.11. The van der Waals surface area contributed by atoms with Crippen LogP contribution in [-0.4, -0.2) is 23.2 Å². The minimum absolute atomic E-state index is 0.185. The van der Waals surface area contributed by atoms with Gasteiger partial charge in [0.25, 0.3) is 0 Å². The first-order valence-corrected chi connectivity index (χ1v) is 4.86. The summed E-state index contributed by atoms with van der Waals surface area (Å²) in [5, 5.41) is 11.2. The summed E-state index contributed by atoms with van der Waals surface area (Å²) >= 11 is 5.83. The highest BCUT2D eigenvalue weighted by molar-refractivity contribution is 6.33. The zero-order valence-corrected chi connectivity index (χ0v) is 8.66. The number of carbonyl (C=O) groups excluding carboxylic acids is 1. The topological polar surface area (TPSA) is 66.4 Å². The molecular formula is C10H7ClFNO3. The van der Waals surface area contributed by atoms with Gasteiger partial charge in [-0.1, -0.05) is 17.7 Å². The standard InChI is InChI=1S/C10H7ClFNO3/c11-4-2-1-3-5-6(4)7(9(14)13-5)8(12)10(15)16/h1-3,7-8H,(H,13,14)(H,15,16).